The normalized spacial score (nSPS) is 13.0. The number of unbranched alkanes of at least 4 members (excludes halogenated alkanes) is 1. The highest BCUT2D eigenvalue weighted by atomic mass is 32.2. The summed E-state index contributed by atoms with van der Waals surface area (Å²) in [6.45, 7) is 0.412. The maximum atomic E-state index is 12.4. The second kappa shape index (κ2) is 7.56. The molecular formula is C15H18N2O6S. The largest absolute Gasteiger partial charge is 0.480 e. The van der Waals surface area contributed by atoms with Crippen LogP contribution >= 0.6 is 0 Å². The molecule has 1 aromatic heterocycles. The number of fused-ring (bicyclic) bond motifs is 1. The van der Waals surface area contributed by atoms with E-state index in [0.717, 1.165) is 0 Å². The van der Waals surface area contributed by atoms with Gasteiger partial charge in [-0.3, -0.25) is 4.79 Å². The number of carboxylic acids is 1. The lowest BCUT2D eigenvalue weighted by molar-refractivity contribution is -0.139. The summed E-state index contributed by atoms with van der Waals surface area (Å²) < 4.78 is 31.9. The minimum atomic E-state index is -4.03. The third kappa shape index (κ3) is 4.40. The van der Waals surface area contributed by atoms with Gasteiger partial charge in [-0.2, -0.15) is 4.72 Å². The first kappa shape index (κ1) is 18.1. The van der Waals surface area contributed by atoms with Crippen molar-refractivity contribution in [3.8, 4) is 0 Å². The standard InChI is InChI=1S/C15H18N2O6S/c16-8-2-1-3-12(15(19)20)17-24(21,22)11-5-6-13-10(9-11)4-7-14(18)23-13/h4-7,9,12,17H,1-3,8,16H2,(H,19,20)/t12-/m0/s1. The van der Waals surface area contributed by atoms with E-state index in [1.54, 1.807) is 0 Å². The molecule has 2 rings (SSSR count). The van der Waals surface area contributed by atoms with E-state index in [1.165, 1.54) is 30.3 Å². The van der Waals surface area contributed by atoms with Crippen LogP contribution in [0.15, 0.2) is 44.4 Å². The Morgan fingerprint density at radius 3 is 2.67 bits per heavy atom. The maximum absolute atomic E-state index is 12.4. The van der Waals surface area contributed by atoms with Gasteiger partial charge in [0.2, 0.25) is 10.0 Å². The van der Waals surface area contributed by atoms with Crippen LogP contribution in [0.4, 0.5) is 0 Å². The van der Waals surface area contributed by atoms with Gasteiger partial charge in [-0.25, -0.2) is 13.2 Å². The first-order valence-corrected chi connectivity index (χ1v) is 8.81. The summed E-state index contributed by atoms with van der Waals surface area (Å²) in [7, 11) is -4.03. The zero-order valence-corrected chi connectivity index (χ0v) is 13.6. The van der Waals surface area contributed by atoms with Gasteiger partial charge in [-0.1, -0.05) is 6.42 Å². The van der Waals surface area contributed by atoms with Gasteiger partial charge in [-0.15, -0.1) is 0 Å². The number of hydrogen-bond acceptors (Lipinski definition) is 6. The highest BCUT2D eigenvalue weighted by Gasteiger charge is 2.25. The van der Waals surface area contributed by atoms with Crippen LogP contribution in [0.2, 0.25) is 0 Å². The average molecular weight is 354 g/mol. The Balaban J connectivity index is 2.26. The van der Waals surface area contributed by atoms with Crippen LogP contribution in [0, 0.1) is 0 Å². The maximum Gasteiger partial charge on any atom is 0.336 e. The highest BCUT2D eigenvalue weighted by molar-refractivity contribution is 7.89. The van der Waals surface area contributed by atoms with Gasteiger partial charge in [0.25, 0.3) is 0 Å². The molecular weight excluding hydrogens is 336 g/mol. The van der Waals surface area contributed by atoms with Crippen LogP contribution in [0.25, 0.3) is 11.0 Å². The monoisotopic (exact) mass is 354 g/mol. The van der Waals surface area contributed by atoms with Gasteiger partial charge in [0.1, 0.15) is 11.6 Å². The summed E-state index contributed by atoms with van der Waals surface area (Å²) in [6.07, 6.45) is 1.26. The number of carboxylic acid groups (broad SMARTS) is 1. The quantitative estimate of drug-likeness (QED) is 0.467. The SMILES string of the molecule is NCCCC[C@H](NS(=O)(=O)c1ccc2oc(=O)ccc2c1)C(=O)O. The average Bonchev–Trinajstić information content (AvgIpc) is 2.53. The van der Waals surface area contributed by atoms with Crippen molar-refractivity contribution in [3.05, 3.63) is 40.8 Å². The number of nitrogens with two attached hydrogens (primary N) is 1. The van der Waals surface area contributed by atoms with Gasteiger partial charge >= 0.3 is 11.6 Å². The number of carbonyl (C=O) groups is 1. The fourth-order valence-corrected chi connectivity index (χ4v) is 3.46. The minimum absolute atomic E-state index is 0.103. The molecule has 0 fully saturated rings. The van der Waals surface area contributed by atoms with Gasteiger partial charge < -0.3 is 15.3 Å². The van der Waals surface area contributed by atoms with Crippen LogP contribution in [0.1, 0.15) is 19.3 Å². The molecule has 0 bridgehead atoms. The van der Waals surface area contributed by atoms with E-state index >= 15 is 0 Å². The van der Waals surface area contributed by atoms with Crippen molar-refractivity contribution in [1.29, 1.82) is 0 Å². The van der Waals surface area contributed by atoms with Crippen molar-refractivity contribution in [1.82, 2.24) is 4.72 Å². The number of nitrogens with one attached hydrogen (secondary N) is 1. The summed E-state index contributed by atoms with van der Waals surface area (Å²) in [4.78, 5) is 22.3. The Labute approximate surface area is 138 Å². The smallest absolute Gasteiger partial charge is 0.336 e. The van der Waals surface area contributed by atoms with Gasteiger partial charge in [0, 0.05) is 11.5 Å². The molecule has 24 heavy (non-hydrogen) atoms. The van der Waals surface area contributed by atoms with Crippen molar-refractivity contribution < 1.29 is 22.7 Å². The lowest BCUT2D eigenvalue weighted by Crippen LogP contribution is -2.40. The molecule has 1 aromatic carbocycles. The molecule has 1 atom stereocenters. The number of aliphatic carboxylic acids is 1. The molecule has 0 amide bonds. The Hall–Kier alpha value is -2.23. The summed E-state index contributed by atoms with van der Waals surface area (Å²) in [5, 5.41) is 9.60. The summed E-state index contributed by atoms with van der Waals surface area (Å²) >= 11 is 0. The van der Waals surface area contributed by atoms with Crippen LogP contribution in [0.5, 0.6) is 0 Å². The second-order valence-corrected chi connectivity index (χ2v) is 6.96. The molecule has 4 N–H and O–H groups in total. The number of benzene rings is 1. The Morgan fingerprint density at radius 2 is 2.00 bits per heavy atom. The van der Waals surface area contributed by atoms with E-state index in [1.807, 2.05) is 0 Å². The lowest BCUT2D eigenvalue weighted by Gasteiger charge is -2.14. The molecule has 130 valence electrons. The fraction of sp³-hybridized carbons (Fsp3) is 0.333. The van der Waals surface area contributed by atoms with Crippen molar-refractivity contribution in [3.63, 3.8) is 0 Å². The van der Waals surface area contributed by atoms with Crippen molar-refractivity contribution in [2.24, 2.45) is 5.73 Å². The first-order chi connectivity index (χ1) is 11.3. The van der Waals surface area contributed by atoms with E-state index in [2.05, 4.69) is 4.72 Å². The number of hydrogen-bond donors (Lipinski definition) is 3. The molecule has 8 nitrogen and oxygen atoms in total. The summed E-state index contributed by atoms with van der Waals surface area (Å²) in [5.74, 6) is -1.25. The molecule has 0 spiro atoms. The minimum Gasteiger partial charge on any atom is -0.480 e. The molecule has 0 aliphatic heterocycles. The Bertz CT molecular complexity index is 890. The summed E-state index contributed by atoms with van der Waals surface area (Å²) in [6, 6.07) is 5.32. The van der Waals surface area contributed by atoms with E-state index in [-0.39, 0.29) is 16.9 Å². The second-order valence-electron chi connectivity index (χ2n) is 5.25. The molecule has 2 aromatic rings. The highest BCUT2D eigenvalue weighted by Crippen LogP contribution is 2.18. The Morgan fingerprint density at radius 1 is 1.25 bits per heavy atom. The van der Waals surface area contributed by atoms with Crippen molar-refractivity contribution >= 4 is 27.0 Å². The zero-order valence-electron chi connectivity index (χ0n) is 12.8. The predicted octanol–water partition coefficient (Wildman–Crippen LogP) is 0.653. The first-order valence-electron chi connectivity index (χ1n) is 7.32. The summed E-state index contributed by atoms with van der Waals surface area (Å²) in [5.41, 5.74) is 5.06. The van der Waals surface area contributed by atoms with Crippen LogP contribution in [-0.4, -0.2) is 32.1 Å². The molecule has 9 heteroatoms. The molecule has 0 aliphatic carbocycles. The molecule has 0 saturated carbocycles. The predicted molar refractivity (Wildman–Crippen MR) is 87.1 cm³/mol. The van der Waals surface area contributed by atoms with Crippen LogP contribution in [-0.2, 0) is 14.8 Å². The van der Waals surface area contributed by atoms with Crippen molar-refractivity contribution in [2.45, 2.75) is 30.2 Å². The van der Waals surface area contributed by atoms with Gasteiger partial charge in [0.05, 0.1) is 4.90 Å². The fourth-order valence-electron chi connectivity index (χ4n) is 2.20. The third-order valence-corrected chi connectivity index (χ3v) is 4.91. The van der Waals surface area contributed by atoms with E-state index in [4.69, 9.17) is 10.2 Å². The van der Waals surface area contributed by atoms with Gasteiger partial charge in [-0.05, 0) is 43.7 Å². The number of rotatable bonds is 8. The van der Waals surface area contributed by atoms with E-state index in [0.29, 0.717) is 24.8 Å². The topological polar surface area (TPSA) is 140 Å². The van der Waals surface area contributed by atoms with Gasteiger partial charge in [0.15, 0.2) is 0 Å². The lowest BCUT2D eigenvalue weighted by atomic mass is 10.1. The van der Waals surface area contributed by atoms with Crippen LogP contribution < -0.4 is 16.1 Å². The molecule has 0 saturated heterocycles. The zero-order chi connectivity index (χ0) is 17.7. The molecule has 0 unspecified atom stereocenters. The Kier molecular flexibility index (Phi) is 5.71. The van der Waals surface area contributed by atoms with E-state index < -0.39 is 27.7 Å². The number of sulfonamides is 1. The molecule has 0 radical (unpaired) electrons. The van der Waals surface area contributed by atoms with Crippen LogP contribution in [0.3, 0.4) is 0 Å². The van der Waals surface area contributed by atoms with E-state index in [9.17, 15) is 23.1 Å². The molecule has 0 aliphatic rings. The van der Waals surface area contributed by atoms with Crippen molar-refractivity contribution in [2.75, 3.05) is 6.54 Å². The third-order valence-electron chi connectivity index (χ3n) is 3.44. The molecule has 1 heterocycles.